The average Bonchev–Trinajstić information content (AvgIpc) is 2.48. The smallest absolute Gasteiger partial charge is 0.0836 e. The number of benzene rings is 1. The van der Waals surface area contributed by atoms with Gasteiger partial charge in [0.05, 0.1) is 5.60 Å². The van der Waals surface area contributed by atoms with E-state index in [4.69, 9.17) is 4.74 Å². The Kier molecular flexibility index (Phi) is 5.45. The Morgan fingerprint density at radius 1 is 1.33 bits per heavy atom. The van der Waals surface area contributed by atoms with E-state index in [0.717, 1.165) is 12.3 Å². The lowest BCUT2D eigenvalue weighted by atomic mass is 9.73. The molecular weight excluding hydrogens is 258 g/mol. The van der Waals surface area contributed by atoms with E-state index in [2.05, 4.69) is 51.3 Å². The summed E-state index contributed by atoms with van der Waals surface area (Å²) in [6, 6.07) is 7.21. The van der Waals surface area contributed by atoms with Gasteiger partial charge in [0.1, 0.15) is 0 Å². The van der Waals surface area contributed by atoms with Crippen molar-refractivity contribution in [2.24, 2.45) is 5.92 Å². The van der Waals surface area contributed by atoms with Crippen LogP contribution in [0, 0.1) is 19.8 Å². The molecular formula is C19H31NO. The van der Waals surface area contributed by atoms with Gasteiger partial charge in [-0.2, -0.15) is 0 Å². The van der Waals surface area contributed by atoms with Gasteiger partial charge in [0.25, 0.3) is 0 Å². The largest absolute Gasteiger partial charge is 0.377 e. The van der Waals surface area contributed by atoms with Gasteiger partial charge < -0.3 is 10.1 Å². The molecule has 0 radical (unpaired) electrons. The van der Waals surface area contributed by atoms with Crippen LogP contribution in [0.5, 0.6) is 0 Å². The summed E-state index contributed by atoms with van der Waals surface area (Å²) in [7, 11) is 3.97. The van der Waals surface area contributed by atoms with E-state index in [0.29, 0.717) is 6.04 Å². The Hall–Kier alpha value is -0.860. The monoisotopic (exact) mass is 289 g/mol. The SMILES string of the molecule is CNC(Cc1ccc(C)c(C)c1)C1(OC)CCCC(C)C1. The summed E-state index contributed by atoms with van der Waals surface area (Å²) in [5, 5.41) is 3.54. The molecule has 0 heterocycles. The Morgan fingerprint density at radius 3 is 2.67 bits per heavy atom. The topological polar surface area (TPSA) is 21.3 Å². The minimum Gasteiger partial charge on any atom is -0.377 e. The van der Waals surface area contributed by atoms with Crippen molar-refractivity contribution < 1.29 is 4.74 Å². The summed E-state index contributed by atoms with van der Waals surface area (Å²) in [5.74, 6) is 0.759. The molecule has 1 aromatic carbocycles. The van der Waals surface area contributed by atoms with Gasteiger partial charge in [-0.25, -0.2) is 0 Å². The predicted molar refractivity (Wildman–Crippen MR) is 89.8 cm³/mol. The van der Waals surface area contributed by atoms with Crippen molar-refractivity contribution in [3.8, 4) is 0 Å². The molecule has 0 bridgehead atoms. The van der Waals surface area contributed by atoms with Crippen molar-refractivity contribution in [2.75, 3.05) is 14.2 Å². The van der Waals surface area contributed by atoms with Crippen LogP contribution in [0.25, 0.3) is 0 Å². The molecule has 1 aromatic rings. The maximum Gasteiger partial charge on any atom is 0.0836 e. The molecule has 2 heteroatoms. The van der Waals surface area contributed by atoms with E-state index in [1.54, 1.807) is 0 Å². The highest BCUT2D eigenvalue weighted by Gasteiger charge is 2.41. The molecule has 2 rings (SSSR count). The normalized spacial score (nSPS) is 27.6. The highest BCUT2D eigenvalue weighted by Crippen LogP contribution is 2.38. The molecule has 3 unspecified atom stereocenters. The maximum absolute atomic E-state index is 6.07. The number of likely N-dealkylation sites (N-methyl/N-ethyl adjacent to an activating group) is 1. The van der Waals surface area contributed by atoms with Gasteiger partial charge in [0, 0.05) is 13.2 Å². The van der Waals surface area contributed by atoms with Crippen molar-refractivity contribution in [3.63, 3.8) is 0 Å². The highest BCUT2D eigenvalue weighted by atomic mass is 16.5. The summed E-state index contributed by atoms with van der Waals surface area (Å²) < 4.78 is 6.07. The number of hydrogen-bond donors (Lipinski definition) is 1. The second-order valence-corrected chi connectivity index (χ2v) is 6.93. The summed E-state index contributed by atoms with van der Waals surface area (Å²) in [4.78, 5) is 0. The van der Waals surface area contributed by atoms with Crippen LogP contribution in [-0.4, -0.2) is 25.8 Å². The van der Waals surface area contributed by atoms with Crippen molar-refractivity contribution in [1.82, 2.24) is 5.32 Å². The van der Waals surface area contributed by atoms with Crippen molar-refractivity contribution in [2.45, 2.75) is 64.5 Å². The summed E-state index contributed by atoms with van der Waals surface area (Å²) >= 11 is 0. The molecule has 21 heavy (non-hydrogen) atoms. The van der Waals surface area contributed by atoms with Crippen LogP contribution in [0.3, 0.4) is 0 Å². The number of rotatable bonds is 5. The molecule has 0 aromatic heterocycles. The van der Waals surface area contributed by atoms with Crippen LogP contribution in [0.1, 0.15) is 49.3 Å². The van der Waals surface area contributed by atoms with E-state index in [-0.39, 0.29) is 5.60 Å². The van der Waals surface area contributed by atoms with Crippen molar-refractivity contribution in [1.29, 1.82) is 0 Å². The van der Waals surface area contributed by atoms with Crippen molar-refractivity contribution >= 4 is 0 Å². The van der Waals surface area contributed by atoms with Gasteiger partial charge in [-0.1, -0.05) is 38.0 Å². The van der Waals surface area contributed by atoms with Gasteiger partial charge in [-0.3, -0.25) is 0 Å². The molecule has 3 atom stereocenters. The van der Waals surface area contributed by atoms with E-state index < -0.39 is 0 Å². The zero-order valence-corrected chi connectivity index (χ0v) is 14.3. The standard InChI is InChI=1S/C19H31NO/c1-14-7-6-10-19(13-14,21-5)18(20-4)12-17-9-8-15(2)16(3)11-17/h8-9,11,14,18,20H,6-7,10,12-13H2,1-5H3. The van der Waals surface area contributed by atoms with Gasteiger partial charge in [0.15, 0.2) is 0 Å². The van der Waals surface area contributed by atoms with Gasteiger partial charge >= 0.3 is 0 Å². The lowest BCUT2D eigenvalue weighted by Crippen LogP contribution is -2.54. The first-order valence-corrected chi connectivity index (χ1v) is 8.29. The predicted octanol–water partition coefficient (Wildman–Crippen LogP) is 4.03. The fourth-order valence-corrected chi connectivity index (χ4v) is 3.91. The molecule has 0 spiro atoms. The Bertz CT molecular complexity index is 471. The first-order chi connectivity index (χ1) is 10.0. The summed E-state index contributed by atoms with van der Waals surface area (Å²) in [6.07, 6.45) is 5.99. The fourth-order valence-electron chi connectivity index (χ4n) is 3.91. The Balaban J connectivity index is 2.19. The molecule has 1 aliphatic carbocycles. The second-order valence-electron chi connectivity index (χ2n) is 6.93. The van der Waals surface area contributed by atoms with Crippen LogP contribution in [0.4, 0.5) is 0 Å². The Labute approximate surface area is 130 Å². The summed E-state index contributed by atoms with van der Waals surface area (Å²) in [5.41, 5.74) is 4.15. The molecule has 118 valence electrons. The minimum atomic E-state index is -0.00872. The lowest BCUT2D eigenvalue weighted by Gasteiger charge is -2.44. The lowest BCUT2D eigenvalue weighted by molar-refractivity contribution is -0.0775. The highest BCUT2D eigenvalue weighted by molar-refractivity contribution is 5.30. The second kappa shape index (κ2) is 6.93. The van der Waals surface area contributed by atoms with E-state index in [1.807, 2.05) is 7.11 Å². The van der Waals surface area contributed by atoms with Crippen molar-refractivity contribution in [3.05, 3.63) is 34.9 Å². The van der Waals surface area contributed by atoms with E-state index >= 15 is 0 Å². The maximum atomic E-state index is 6.07. The minimum absolute atomic E-state index is 0.00872. The third-order valence-electron chi connectivity index (χ3n) is 5.39. The molecule has 1 fully saturated rings. The van der Waals surface area contributed by atoms with Crippen LogP contribution < -0.4 is 5.32 Å². The zero-order chi connectivity index (χ0) is 15.5. The zero-order valence-electron chi connectivity index (χ0n) is 14.3. The number of aryl methyl sites for hydroxylation is 2. The van der Waals surface area contributed by atoms with Gasteiger partial charge in [0.2, 0.25) is 0 Å². The summed E-state index contributed by atoms with van der Waals surface area (Å²) in [6.45, 7) is 6.73. The molecule has 2 nitrogen and oxygen atoms in total. The first-order valence-electron chi connectivity index (χ1n) is 8.29. The molecule has 1 N–H and O–H groups in total. The number of ether oxygens (including phenoxy) is 1. The molecule has 1 aliphatic rings. The molecule has 0 amide bonds. The third-order valence-corrected chi connectivity index (χ3v) is 5.39. The van der Waals surface area contributed by atoms with E-state index in [9.17, 15) is 0 Å². The molecule has 1 saturated carbocycles. The van der Waals surface area contributed by atoms with E-state index in [1.165, 1.54) is 42.4 Å². The quantitative estimate of drug-likeness (QED) is 0.883. The Morgan fingerprint density at radius 2 is 2.10 bits per heavy atom. The molecule has 0 aliphatic heterocycles. The van der Waals surface area contributed by atoms with Gasteiger partial charge in [-0.15, -0.1) is 0 Å². The molecule has 0 saturated heterocycles. The number of nitrogens with one attached hydrogen (secondary N) is 1. The first kappa shape index (κ1) is 16.5. The van der Waals surface area contributed by atoms with Crippen LogP contribution in [0.2, 0.25) is 0 Å². The van der Waals surface area contributed by atoms with Crippen LogP contribution in [0.15, 0.2) is 18.2 Å². The fraction of sp³-hybridized carbons (Fsp3) is 0.684. The number of methoxy groups -OCH3 is 1. The average molecular weight is 289 g/mol. The van der Waals surface area contributed by atoms with Gasteiger partial charge in [-0.05, 0) is 62.8 Å². The third kappa shape index (κ3) is 3.67. The van der Waals surface area contributed by atoms with Crippen LogP contribution in [-0.2, 0) is 11.2 Å². The number of hydrogen-bond acceptors (Lipinski definition) is 2. The van der Waals surface area contributed by atoms with Crippen LogP contribution >= 0.6 is 0 Å².